The zero-order valence-corrected chi connectivity index (χ0v) is 22.1. The summed E-state index contributed by atoms with van der Waals surface area (Å²) in [6.45, 7) is 3.08. The van der Waals surface area contributed by atoms with Gasteiger partial charge in [-0.1, -0.05) is 36.4 Å². The number of likely N-dealkylation sites (tertiary alicyclic amines) is 1. The summed E-state index contributed by atoms with van der Waals surface area (Å²) in [7, 11) is 0. The van der Waals surface area contributed by atoms with E-state index in [0.29, 0.717) is 30.9 Å². The quantitative estimate of drug-likeness (QED) is 0.294. The number of fused-ring (bicyclic) bond motifs is 1. The first-order chi connectivity index (χ1) is 19.3. The smallest absolute Gasteiger partial charge is 0.261 e. The molecule has 4 aromatic rings. The lowest BCUT2D eigenvalue weighted by Gasteiger charge is -2.23. The number of benzene rings is 2. The van der Waals surface area contributed by atoms with Crippen molar-refractivity contribution >= 4 is 22.9 Å². The van der Waals surface area contributed by atoms with Gasteiger partial charge in [-0.25, -0.2) is 8.78 Å². The number of carbonyl (C=O) groups excluding carboxylic acids is 1. The molecule has 4 heterocycles. The van der Waals surface area contributed by atoms with E-state index < -0.39 is 5.92 Å². The standard InChI is InChI=1S/C32H29F2N5O/c1-21-15-36-29-9-7-24(25-13-22(16-35-17-25)19-39-12-11-32(33,34)20-39)14-27(29)30(21)31(40)38-26-8-10-28(37-18-26)23-5-3-2-4-6-23/h2-10,13-14,16-18,36H,11-12,15,19-20H2,1H3,(H,38,40). The van der Waals surface area contributed by atoms with Crippen molar-refractivity contribution in [1.29, 1.82) is 0 Å². The summed E-state index contributed by atoms with van der Waals surface area (Å²) < 4.78 is 27.3. The highest BCUT2D eigenvalue weighted by Crippen LogP contribution is 2.36. The van der Waals surface area contributed by atoms with Gasteiger partial charge in [-0.2, -0.15) is 0 Å². The lowest BCUT2D eigenvalue weighted by molar-refractivity contribution is -0.111. The number of nitrogens with one attached hydrogen (secondary N) is 2. The van der Waals surface area contributed by atoms with Gasteiger partial charge in [0.15, 0.2) is 0 Å². The molecule has 2 aliphatic heterocycles. The molecule has 0 saturated carbocycles. The fourth-order valence-corrected chi connectivity index (χ4v) is 5.32. The molecule has 0 unspecified atom stereocenters. The van der Waals surface area contributed by atoms with Crippen LogP contribution in [0.3, 0.4) is 0 Å². The van der Waals surface area contributed by atoms with E-state index in [2.05, 4.69) is 20.6 Å². The van der Waals surface area contributed by atoms with Crippen molar-refractivity contribution in [3.05, 3.63) is 102 Å². The zero-order chi connectivity index (χ0) is 27.7. The molecule has 202 valence electrons. The van der Waals surface area contributed by atoms with Crippen molar-refractivity contribution < 1.29 is 13.6 Å². The number of amides is 1. The minimum Gasteiger partial charge on any atom is -0.381 e. The third kappa shape index (κ3) is 5.49. The molecule has 40 heavy (non-hydrogen) atoms. The minimum atomic E-state index is -2.63. The number of anilines is 2. The molecule has 0 atom stereocenters. The maximum absolute atomic E-state index is 13.7. The van der Waals surface area contributed by atoms with Crippen molar-refractivity contribution in [2.45, 2.75) is 25.8 Å². The van der Waals surface area contributed by atoms with Crippen molar-refractivity contribution in [2.75, 3.05) is 30.3 Å². The van der Waals surface area contributed by atoms with Gasteiger partial charge in [0.25, 0.3) is 11.8 Å². The topological polar surface area (TPSA) is 70.2 Å². The van der Waals surface area contributed by atoms with Crippen LogP contribution in [0.5, 0.6) is 0 Å². The SMILES string of the molecule is CC1=C(C(=O)Nc2ccc(-c3ccccc3)nc2)c2cc(-c3cncc(CN4CCC(F)(F)C4)c3)ccc2NC1. The molecule has 2 aromatic carbocycles. The van der Waals surface area contributed by atoms with Gasteiger partial charge < -0.3 is 10.6 Å². The molecule has 0 bridgehead atoms. The minimum absolute atomic E-state index is 0.109. The van der Waals surface area contributed by atoms with E-state index in [4.69, 9.17) is 0 Å². The Labute approximate surface area is 231 Å². The van der Waals surface area contributed by atoms with E-state index in [0.717, 1.165) is 44.8 Å². The molecule has 0 radical (unpaired) electrons. The van der Waals surface area contributed by atoms with Crippen LogP contribution in [0.2, 0.25) is 0 Å². The first-order valence-corrected chi connectivity index (χ1v) is 13.3. The van der Waals surface area contributed by atoms with Gasteiger partial charge in [0.2, 0.25) is 0 Å². The van der Waals surface area contributed by atoms with E-state index in [1.165, 1.54) is 0 Å². The monoisotopic (exact) mass is 537 g/mol. The second kappa shape index (κ2) is 10.6. The second-order valence-corrected chi connectivity index (χ2v) is 10.4. The average molecular weight is 538 g/mol. The Morgan fingerprint density at radius 1 is 1.00 bits per heavy atom. The normalized spacial score (nSPS) is 16.4. The van der Waals surface area contributed by atoms with Gasteiger partial charge in [0.05, 0.1) is 24.1 Å². The Balaban J connectivity index is 1.23. The zero-order valence-electron chi connectivity index (χ0n) is 22.1. The Hall–Kier alpha value is -4.43. The molecule has 0 spiro atoms. The Kier molecular flexibility index (Phi) is 6.86. The van der Waals surface area contributed by atoms with Gasteiger partial charge in [-0.3, -0.25) is 19.7 Å². The second-order valence-electron chi connectivity index (χ2n) is 10.4. The van der Waals surface area contributed by atoms with E-state index in [1.54, 1.807) is 23.5 Å². The number of rotatable bonds is 6. The van der Waals surface area contributed by atoms with Crippen molar-refractivity contribution in [2.24, 2.45) is 0 Å². The number of aromatic nitrogens is 2. The number of nitrogens with zero attached hydrogens (tertiary/aromatic N) is 3. The summed E-state index contributed by atoms with van der Waals surface area (Å²) in [5, 5.41) is 6.40. The van der Waals surface area contributed by atoms with Crippen LogP contribution in [-0.4, -0.2) is 46.3 Å². The van der Waals surface area contributed by atoms with E-state index >= 15 is 0 Å². The highest BCUT2D eigenvalue weighted by molar-refractivity contribution is 6.27. The molecule has 2 aromatic heterocycles. The number of hydrogen-bond acceptors (Lipinski definition) is 5. The van der Waals surface area contributed by atoms with E-state index in [1.807, 2.05) is 73.7 Å². The number of carbonyl (C=O) groups is 1. The Morgan fingerprint density at radius 2 is 1.85 bits per heavy atom. The number of hydrogen-bond donors (Lipinski definition) is 2. The number of alkyl halides is 2. The van der Waals surface area contributed by atoms with Crippen molar-refractivity contribution in [3.63, 3.8) is 0 Å². The summed E-state index contributed by atoms with van der Waals surface area (Å²) in [6.07, 6.45) is 5.04. The maximum Gasteiger partial charge on any atom is 0.261 e. The third-order valence-electron chi connectivity index (χ3n) is 7.36. The van der Waals surface area contributed by atoms with E-state index in [-0.39, 0.29) is 18.9 Å². The fourth-order valence-electron chi connectivity index (χ4n) is 5.32. The van der Waals surface area contributed by atoms with Crippen LogP contribution in [0.15, 0.2) is 90.9 Å². The summed E-state index contributed by atoms with van der Waals surface area (Å²) in [6, 6.07) is 21.5. The fraction of sp³-hybridized carbons (Fsp3) is 0.219. The predicted octanol–water partition coefficient (Wildman–Crippen LogP) is 6.49. The van der Waals surface area contributed by atoms with Gasteiger partial charge in [0, 0.05) is 66.4 Å². The largest absolute Gasteiger partial charge is 0.381 e. The molecular formula is C32H29F2N5O. The van der Waals surface area contributed by atoms with Crippen LogP contribution in [0.1, 0.15) is 24.5 Å². The molecular weight excluding hydrogens is 508 g/mol. The predicted molar refractivity (Wildman–Crippen MR) is 154 cm³/mol. The van der Waals surface area contributed by atoms with Gasteiger partial charge >= 0.3 is 0 Å². The number of halogens is 2. The molecule has 6 nitrogen and oxygen atoms in total. The summed E-state index contributed by atoms with van der Waals surface area (Å²) >= 11 is 0. The lowest BCUT2D eigenvalue weighted by atomic mass is 9.91. The van der Waals surface area contributed by atoms with Crippen LogP contribution in [-0.2, 0) is 11.3 Å². The van der Waals surface area contributed by atoms with Crippen molar-refractivity contribution in [1.82, 2.24) is 14.9 Å². The summed E-state index contributed by atoms with van der Waals surface area (Å²) in [5.41, 5.74) is 8.33. The lowest BCUT2D eigenvalue weighted by Crippen LogP contribution is -2.24. The third-order valence-corrected chi connectivity index (χ3v) is 7.36. The molecule has 1 fully saturated rings. The number of pyridine rings is 2. The molecule has 1 amide bonds. The maximum atomic E-state index is 13.7. The van der Waals surface area contributed by atoms with E-state index in [9.17, 15) is 13.6 Å². The van der Waals surface area contributed by atoms with Crippen molar-refractivity contribution in [3.8, 4) is 22.4 Å². The molecule has 2 aliphatic rings. The summed E-state index contributed by atoms with van der Waals surface area (Å²) in [4.78, 5) is 24.2. The molecule has 8 heteroatoms. The Bertz CT molecular complexity index is 1580. The first-order valence-electron chi connectivity index (χ1n) is 13.3. The molecule has 1 saturated heterocycles. The Morgan fingerprint density at radius 3 is 2.60 bits per heavy atom. The highest BCUT2D eigenvalue weighted by atomic mass is 19.3. The average Bonchev–Trinajstić information content (AvgIpc) is 3.31. The first kappa shape index (κ1) is 25.8. The van der Waals surface area contributed by atoms with Crippen LogP contribution in [0, 0.1) is 0 Å². The van der Waals surface area contributed by atoms with Gasteiger partial charge in [-0.05, 0) is 54.0 Å². The van der Waals surface area contributed by atoms with Crippen LogP contribution in [0.4, 0.5) is 20.2 Å². The highest BCUT2D eigenvalue weighted by Gasteiger charge is 2.38. The molecule has 6 rings (SSSR count). The van der Waals surface area contributed by atoms with Crippen LogP contribution >= 0.6 is 0 Å². The summed E-state index contributed by atoms with van der Waals surface area (Å²) in [5.74, 6) is -2.83. The molecule has 2 N–H and O–H groups in total. The molecule has 0 aliphatic carbocycles. The van der Waals surface area contributed by atoms with Crippen LogP contribution in [0.25, 0.3) is 28.0 Å². The van der Waals surface area contributed by atoms with Crippen LogP contribution < -0.4 is 10.6 Å². The van der Waals surface area contributed by atoms with Gasteiger partial charge in [0.1, 0.15) is 0 Å². The van der Waals surface area contributed by atoms with Gasteiger partial charge in [-0.15, -0.1) is 0 Å².